The number of para-hydroxylation sites is 1. The number of benzene rings is 1. The minimum Gasteiger partial charge on any atom is -0.350 e. The zero-order valence-electron chi connectivity index (χ0n) is 11.0. The summed E-state index contributed by atoms with van der Waals surface area (Å²) in [5.74, 6) is 0.748. The summed E-state index contributed by atoms with van der Waals surface area (Å²) in [6, 6.07) is 9.22. The SMILES string of the molecule is O=C1NCCn2c(-c3ccc(Cl)nc3)nc3cccc1c32. The van der Waals surface area contributed by atoms with Crippen LogP contribution in [-0.4, -0.2) is 27.0 Å². The monoisotopic (exact) mass is 298 g/mol. The third kappa shape index (κ3) is 1.89. The molecule has 6 heteroatoms. The van der Waals surface area contributed by atoms with Gasteiger partial charge in [-0.15, -0.1) is 0 Å². The highest BCUT2D eigenvalue weighted by molar-refractivity contribution is 6.29. The maximum Gasteiger partial charge on any atom is 0.253 e. The fraction of sp³-hybridized carbons (Fsp3) is 0.133. The average Bonchev–Trinajstić information content (AvgIpc) is 2.77. The average molecular weight is 299 g/mol. The molecule has 1 aliphatic rings. The van der Waals surface area contributed by atoms with E-state index in [9.17, 15) is 4.79 Å². The fourth-order valence-corrected chi connectivity index (χ4v) is 2.80. The molecular weight excluding hydrogens is 288 g/mol. The number of rotatable bonds is 1. The highest BCUT2D eigenvalue weighted by Gasteiger charge is 2.21. The lowest BCUT2D eigenvalue weighted by molar-refractivity contribution is 0.0956. The van der Waals surface area contributed by atoms with E-state index in [4.69, 9.17) is 11.6 Å². The van der Waals surface area contributed by atoms with Crippen LogP contribution in [0.25, 0.3) is 22.4 Å². The zero-order valence-corrected chi connectivity index (χ0v) is 11.8. The molecule has 0 unspecified atom stereocenters. The van der Waals surface area contributed by atoms with Crippen molar-refractivity contribution < 1.29 is 4.79 Å². The Morgan fingerprint density at radius 1 is 1.24 bits per heavy atom. The standard InChI is InChI=1S/C15H11ClN4O/c16-12-5-4-9(8-18-12)14-19-11-3-1-2-10-13(11)20(14)7-6-17-15(10)21/h1-5,8H,6-7H2,(H,17,21). The van der Waals surface area contributed by atoms with Crippen LogP contribution in [0.15, 0.2) is 36.5 Å². The molecule has 5 nitrogen and oxygen atoms in total. The number of aromatic nitrogens is 3. The summed E-state index contributed by atoms with van der Waals surface area (Å²) in [6.07, 6.45) is 1.70. The van der Waals surface area contributed by atoms with E-state index in [1.165, 1.54) is 0 Å². The molecule has 0 atom stereocenters. The van der Waals surface area contributed by atoms with E-state index in [1.807, 2.05) is 24.3 Å². The predicted octanol–water partition coefficient (Wildman–Crippen LogP) is 2.50. The third-order valence-electron chi connectivity index (χ3n) is 3.62. The van der Waals surface area contributed by atoms with Gasteiger partial charge >= 0.3 is 0 Å². The highest BCUT2D eigenvalue weighted by Crippen LogP contribution is 2.28. The van der Waals surface area contributed by atoms with Crippen LogP contribution in [0.2, 0.25) is 5.15 Å². The number of nitrogens with zero attached hydrogens (tertiary/aromatic N) is 3. The fourth-order valence-electron chi connectivity index (χ4n) is 2.69. The Morgan fingerprint density at radius 3 is 2.95 bits per heavy atom. The summed E-state index contributed by atoms with van der Waals surface area (Å²) in [4.78, 5) is 20.9. The molecule has 0 aliphatic carbocycles. The van der Waals surface area contributed by atoms with Gasteiger partial charge in [0.25, 0.3) is 5.91 Å². The van der Waals surface area contributed by atoms with E-state index in [0.29, 0.717) is 23.8 Å². The Hall–Kier alpha value is -2.40. The summed E-state index contributed by atoms with van der Waals surface area (Å²) in [7, 11) is 0. The second kappa shape index (κ2) is 4.56. The first-order chi connectivity index (χ1) is 10.2. The molecule has 104 valence electrons. The van der Waals surface area contributed by atoms with Crippen molar-refractivity contribution in [2.24, 2.45) is 0 Å². The number of hydrogen-bond acceptors (Lipinski definition) is 3. The number of pyridine rings is 1. The Morgan fingerprint density at radius 2 is 2.14 bits per heavy atom. The second-order valence-electron chi connectivity index (χ2n) is 4.89. The van der Waals surface area contributed by atoms with Gasteiger partial charge < -0.3 is 9.88 Å². The molecule has 1 amide bonds. The van der Waals surface area contributed by atoms with E-state index in [1.54, 1.807) is 12.3 Å². The third-order valence-corrected chi connectivity index (χ3v) is 3.84. The Bertz CT molecular complexity index is 854. The van der Waals surface area contributed by atoms with Crippen molar-refractivity contribution in [2.75, 3.05) is 6.54 Å². The molecule has 0 spiro atoms. The van der Waals surface area contributed by atoms with Crippen molar-refractivity contribution in [3.8, 4) is 11.4 Å². The Labute approximate surface area is 125 Å². The normalized spacial score (nSPS) is 14.0. The summed E-state index contributed by atoms with van der Waals surface area (Å²) in [6.45, 7) is 1.25. The highest BCUT2D eigenvalue weighted by atomic mass is 35.5. The first-order valence-electron chi connectivity index (χ1n) is 6.63. The van der Waals surface area contributed by atoms with E-state index in [0.717, 1.165) is 22.4 Å². The lowest BCUT2D eigenvalue weighted by atomic mass is 10.2. The Kier molecular flexibility index (Phi) is 2.68. The molecular formula is C15H11ClN4O. The van der Waals surface area contributed by atoms with E-state index < -0.39 is 0 Å². The molecule has 21 heavy (non-hydrogen) atoms. The molecule has 0 saturated heterocycles. The number of halogens is 1. The van der Waals surface area contributed by atoms with Crippen LogP contribution in [0.5, 0.6) is 0 Å². The van der Waals surface area contributed by atoms with Gasteiger partial charge in [0, 0.05) is 24.8 Å². The lowest BCUT2D eigenvalue weighted by Gasteiger charge is -2.06. The summed E-state index contributed by atoms with van der Waals surface area (Å²) in [5, 5.41) is 3.35. The first kappa shape index (κ1) is 12.3. The smallest absolute Gasteiger partial charge is 0.253 e. The molecule has 0 bridgehead atoms. The quantitative estimate of drug-likeness (QED) is 0.702. The molecule has 1 aromatic carbocycles. The lowest BCUT2D eigenvalue weighted by Crippen LogP contribution is -2.24. The van der Waals surface area contributed by atoms with E-state index >= 15 is 0 Å². The molecule has 4 rings (SSSR count). The minimum atomic E-state index is -0.0555. The van der Waals surface area contributed by atoms with Crippen molar-refractivity contribution in [3.05, 3.63) is 47.2 Å². The summed E-state index contributed by atoms with van der Waals surface area (Å²) < 4.78 is 2.06. The van der Waals surface area contributed by atoms with Gasteiger partial charge in [0.15, 0.2) is 0 Å². The van der Waals surface area contributed by atoms with Crippen molar-refractivity contribution in [2.45, 2.75) is 6.54 Å². The Balaban J connectivity index is 2.02. The van der Waals surface area contributed by atoms with Crippen LogP contribution in [-0.2, 0) is 6.54 Å². The zero-order chi connectivity index (χ0) is 14.4. The molecule has 3 aromatic rings. The number of nitrogens with one attached hydrogen (secondary N) is 1. The van der Waals surface area contributed by atoms with Crippen LogP contribution in [0.1, 0.15) is 10.4 Å². The second-order valence-corrected chi connectivity index (χ2v) is 5.27. The van der Waals surface area contributed by atoms with Gasteiger partial charge in [0.2, 0.25) is 0 Å². The topological polar surface area (TPSA) is 59.8 Å². The number of amides is 1. The minimum absolute atomic E-state index is 0.0555. The van der Waals surface area contributed by atoms with Gasteiger partial charge in [0.05, 0.1) is 16.6 Å². The van der Waals surface area contributed by atoms with Crippen LogP contribution in [0.3, 0.4) is 0 Å². The van der Waals surface area contributed by atoms with Crippen LogP contribution < -0.4 is 5.32 Å². The van der Waals surface area contributed by atoms with Gasteiger partial charge in [-0.05, 0) is 24.3 Å². The summed E-state index contributed by atoms with van der Waals surface area (Å²) in [5.41, 5.74) is 3.23. The number of hydrogen-bond donors (Lipinski definition) is 1. The van der Waals surface area contributed by atoms with Crippen molar-refractivity contribution in [3.63, 3.8) is 0 Å². The van der Waals surface area contributed by atoms with Crippen LogP contribution in [0.4, 0.5) is 0 Å². The van der Waals surface area contributed by atoms with E-state index in [-0.39, 0.29) is 5.91 Å². The maximum absolute atomic E-state index is 12.1. The molecule has 1 N–H and O–H groups in total. The van der Waals surface area contributed by atoms with Crippen molar-refractivity contribution >= 4 is 28.5 Å². The van der Waals surface area contributed by atoms with Gasteiger partial charge in [-0.3, -0.25) is 4.79 Å². The van der Waals surface area contributed by atoms with Crippen LogP contribution >= 0.6 is 11.6 Å². The molecule has 0 radical (unpaired) electrons. The molecule has 3 heterocycles. The van der Waals surface area contributed by atoms with Gasteiger partial charge in [0.1, 0.15) is 11.0 Å². The van der Waals surface area contributed by atoms with Crippen LogP contribution in [0, 0.1) is 0 Å². The molecule has 0 saturated carbocycles. The van der Waals surface area contributed by atoms with Gasteiger partial charge in [-0.2, -0.15) is 0 Å². The first-order valence-corrected chi connectivity index (χ1v) is 7.01. The van der Waals surface area contributed by atoms with Crippen molar-refractivity contribution in [1.29, 1.82) is 0 Å². The summed E-state index contributed by atoms with van der Waals surface area (Å²) >= 11 is 5.84. The number of imidazole rings is 1. The number of carbonyl (C=O) groups excluding carboxylic acids is 1. The van der Waals surface area contributed by atoms with Crippen molar-refractivity contribution in [1.82, 2.24) is 19.9 Å². The maximum atomic E-state index is 12.1. The molecule has 1 aliphatic heterocycles. The van der Waals surface area contributed by atoms with E-state index in [2.05, 4.69) is 19.9 Å². The molecule has 2 aromatic heterocycles. The predicted molar refractivity (Wildman–Crippen MR) is 80.3 cm³/mol. The van der Waals surface area contributed by atoms with Gasteiger partial charge in [-0.1, -0.05) is 17.7 Å². The van der Waals surface area contributed by atoms with Gasteiger partial charge in [-0.25, -0.2) is 9.97 Å². The molecule has 0 fully saturated rings. The number of carbonyl (C=O) groups is 1. The largest absolute Gasteiger partial charge is 0.350 e.